The van der Waals surface area contributed by atoms with Crippen LogP contribution in [-0.4, -0.2) is 60.9 Å². The van der Waals surface area contributed by atoms with Crippen molar-refractivity contribution in [2.75, 3.05) is 44.8 Å². The van der Waals surface area contributed by atoms with E-state index in [9.17, 15) is 15.0 Å². The third-order valence-corrected chi connectivity index (χ3v) is 8.79. The summed E-state index contributed by atoms with van der Waals surface area (Å²) in [6.45, 7) is 2.27. The van der Waals surface area contributed by atoms with Crippen LogP contribution in [0.15, 0.2) is 48.6 Å². The first kappa shape index (κ1) is 27.0. The molecule has 204 valence electrons. The molecule has 3 aliphatic rings. The number of aryl methyl sites for hydroxylation is 1. The molecule has 2 aromatic carbocycles. The fourth-order valence-electron chi connectivity index (χ4n) is 6.27. The zero-order valence-corrected chi connectivity index (χ0v) is 23.1. The van der Waals surface area contributed by atoms with Gasteiger partial charge in [-0.05, 0) is 85.9 Å². The molecule has 0 saturated carbocycles. The number of carbonyl (C=O) groups excluding carboxylic acids is 1. The third kappa shape index (κ3) is 5.45. The highest BCUT2D eigenvalue weighted by Gasteiger charge is 2.42. The number of halogens is 1. The Morgan fingerprint density at radius 3 is 2.74 bits per heavy atom. The monoisotopic (exact) mass is 538 g/mol. The van der Waals surface area contributed by atoms with Crippen LogP contribution in [0.25, 0.3) is 0 Å². The predicted molar refractivity (Wildman–Crippen MR) is 151 cm³/mol. The lowest BCUT2D eigenvalue weighted by molar-refractivity contribution is -0.137. The summed E-state index contributed by atoms with van der Waals surface area (Å²) >= 11 is 6.36. The van der Waals surface area contributed by atoms with E-state index in [2.05, 4.69) is 29.2 Å². The van der Waals surface area contributed by atoms with Gasteiger partial charge in [0.05, 0.1) is 25.3 Å². The van der Waals surface area contributed by atoms with Crippen molar-refractivity contribution in [3.05, 3.63) is 70.3 Å². The summed E-state index contributed by atoms with van der Waals surface area (Å²) in [5.41, 5.74) is 2.23. The second-order valence-electron chi connectivity index (χ2n) is 11.3. The number of amides is 1. The van der Waals surface area contributed by atoms with E-state index in [1.54, 1.807) is 18.0 Å². The van der Waals surface area contributed by atoms with Crippen LogP contribution in [0.3, 0.4) is 0 Å². The van der Waals surface area contributed by atoms with E-state index < -0.39 is 12.2 Å². The first-order valence-electron chi connectivity index (χ1n) is 13.9. The average molecular weight is 539 g/mol. The maximum atomic E-state index is 13.0. The summed E-state index contributed by atoms with van der Waals surface area (Å²) < 4.78 is 6.53. The molecule has 38 heavy (non-hydrogen) atoms. The molecule has 2 bridgehead atoms. The number of aliphatic hydroxyl groups is 2. The number of rotatable bonds is 1. The molecule has 2 atom stereocenters. The molecule has 0 saturated heterocycles. The lowest BCUT2D eigenvalue weighted by Crippen LogP contribution is -2.46. The largest absolute Gasteiger partial charge is 0.490 e. The predicted octanol–water partition coefficient (Wildman–Crippen LogP) is 4.97. The molecule has 2 aromatic rings. The summed E-state index contributed by atoms with van der Waals surface area (Å²) in [5.74, 6) is 0.581. The number of hydrogen-bond donors (Lipinski definition) is 2. The fourth-order valence-corrected chi connectivity index (χ4v) is 6.46. The van der Waals surface area contributed by atoms with Crippen LogP contribution in [0.1, 0.15) is 61.6 Å². The van der Waals surface area contributed by atoms with Crippen LogP contribution in [-0.2, 0) is 22.2 Å². The van der Waals surface area contributed by atoms with Gasteiger partial charge in [0.25, 0.3) is 0 Å². The standard InChI is InChI=1S/C31H39ClN2O4/c1-33-15-6-4-2-3-5-7-16-34-20-30(14-8-9-23-17-25(32)11-12-26(23)30)22-38-28-13-10-24(18-27(28)34)31(37,21-35)19-29(33)36/h2,4,10-13,17-18,35,37H,3,5-9,14-16,19-22H2,1H3/b4-2+/t30-,31-/m0/s1. The van der Waals surface area contributed by atoms with Gasteiger partial charge in [-0.2, -0.15) is 0 Å². The molecule has 0 radical (unpaired) electrons. The first-order valence-corrected chi connectivity index (χ1v) is 14.2. The van der Waals surface area contributed by atoms with Crippen LogP contribution in [0, 0.1) is 0 Å². The normalized spacial score (nSPS) is 27.4. The van der Waals surface area contributed by atoms with Crippen molar-refractivity contribution in [1.82, 2.24) is 4.90 Å². The maximum absolute atomic E-state index is 13.0. The second-order valence-corrected chi connectivity index (χ2v) is 11.7. The van der Waals surface area contributed by atoms with Crippen molar-refractivity contribution >= 4 is 23.2 Å². The van der Waals surface area contributed by atoms with E-state index in [0.717, 1.165) is 74.5 Å². The van der Waals surface area contributed by atoms with Gasteiger partial charge in [0.15, 0.2) is 0 Å². The topological polar surface area (TPSA) is 73.2 Å². The minimum atomic E-state index is -1.67. The van der Waals surface area contributed by atoms with Crippen LogP contribution in [0.4, 0.5) is 5.69 Å². The van der Waals surface area contributed by atoms with E-state index in [4.69, 9.17) is 16.3 Å². The lowest BCUT2D eigenvalue weighted by atomic mass is 9.70. The van der Waals surface area contributed by atoms with Gasteiger partial charge in [-0.1, -0.05) is 35.9 Å². The average Bonchev–Trinajstić information content (AvgIpc) is 3.06. The quantitative estimate of drug-likeness (QED) is 0.501. The van der Waals surface area contributed by atoms with Gasteiger partial charge in [-0.15, -0.1) is 0 Å². The Hall–Kier alpha value is -2.54. The molecule has 2 heterocycles. The Morgan fingerprint density at radius 2 is 1.89 bits per heavy atom. The molecule has 1 spiro atoms. The first-order chi connectivity index (χ1) is 18.3. The molecular formula is C31H39ClN2O4. The smallest absolute Gasteiger partial charge is 0.225 e. The minimum Gasteiger partial charge on any atom is -0.490 e. The van der Waals surface area contributed by atoms with Gasteiger partial charge in [0.2, 0.25) is 5.91 Å². The molecule has 1 aliphatic carbocycles. The number of anilines is 1. The Bertz CT molecular complexity index is 1200. The summed E-state index contributed by atoms with van der Waals surface area (Å²) in [7, 11) is 1.75. The Morgan fingerprint density at radius 1 is 1.05 bits per heavy atom. The van der Waals surface area contributed by atoms with Crippen LogP contribution >= 0.6 is 11.6 Å². The van der Waals surface area contributed by atoms with Gasteiger partial charge in [-0.3, -0.25) is 4.79 Å². The number of hydrogen-bond acceptors (Lipinski definition) is 5. The maximum Gasteiger partial charge on any atom is 0.225 e. The number of fused-ring (bicyclic) bond motifs is 3. The zero-order valence-electron chi connectivity index (χ0n) is 22.3. The van der Waals surface area contributed by atoms with Crippen LogP contribution < -0.4 is 9.64 Å². The number of aliphatic hydroxyl groups excluding tert-OH is 1. The van der Waals surface area contributed by atoms with E-state index in [1.807, 2.05) is 18.2 Å². The van der Waals surface area contributed by atoms with Crippen molar-refractivity contribution in [1.29, 1.82) is 0 Å². The minimum absolute atomic E-state index is 0.163. The van der Waals surface area contributed by atoms with Crippen molar-refractivity contribution in [3.8, 4) is 5.75 Å². The highest BCUT2D eigenvalue weighted by molar-refractivity contribution is 6.30. The van der Waals surface area contributed by atoms with Crippen molar-refractivity contribution in [2.24, 2.45) is 0 Å². The molecule has 6 nitrogen and oxygen atoms in total. The molecule has 0 aromatic heterocycles. The van der Waals surface area contributed by atoms with E-state index in [0.29, 0.717) is 18.7 Å². The molecule has 2 aliphatic heterocycles. The molecule has 0 unspecified atom stereocenters. The highest BCUT2D eigenvalue weighted by atomic mass is 35.5. The summed E-state index contributed by atoms with van der Waals surface area (Å²) in [6.07, 6.45) is 11.2. The van der Waals surface area contributed by atoms with E-state index in [1.165, 1.54) is 11.1 Å². The van der Waals surface area contributed by atoms with Gasteiger partial charge < -0.3 is 24.7 Å². The highest BCUT2D eigenvalue weighted by Crippen LogP contribution is 2.45. The van der Waals surface area contributed by atoms with Gasteiger partial charge in [-0.25, -0.2) is 0 Å². The summed E-state index contributed by atoms with van der Waals surface area (Å²) in [6, 6.07) is 11.9. The summed E-state index contributed by atoms with van der Waals surface area (Å²) in [5, 5.41) is 22.5. The number of carbonyl (C=O) groups is 1. The Kier molecular flexibility index (Phi) is 8.03. The van der Waals surface area contributed by atoms with Crippen molar-refractivity contribution in [3.63, 3.8) is 0 Å². The van der Waals surface area contributed by atoms with Crippen molar-refractivity contribution in [2.45, 2.75) is 62.4 Å². The molecule has 5 rings (SSSR count). The van der Waals surface area contributed by atoms with Gasteiger partial charge >= 0.3 is 0 Å². The molecule has 0 fully saturated rings. The fraction of sp³-hybridized carbons (Fsp3) is 0.516. The summed E-state index contributed by atoms with van der Waals surface area (Å²) in [4.78, 5) is 17.0. The Balaban J connectivity index is 1.55. The molecule has 2 N–H and O–H groups in total. The second kappa shape index (κ2) is 11.3. The van der Waals surface area contributed by atoms with Crippen LogP contribution in [0.2, 0.25) is 5.02 Å². The van der Waals surface area contributed by atoms with Crippen molar-refractivity contribution < 1.29 is 19.7 Å². The van der Waals surface area contributed by atoms with Gasteiger partial charge in [0.1, 0.15) is 11.4 Å². The zero-order chi connectivity index (χ0) is 26.8. The molecule has 7 heteroatoms. The number of nitrogens with zero attached hydrogens (tertiary/aromatic N) is 2. The van der Waals surface area contributed by atoms with Gasteiger partial charge in [0, 0.05) is 37.1 Å². The van der Waals surface area contributed by atoms with E-state index >= 15 is 0 Å². The third-order valence-electron chi connectivity index (χ3n) is 8.55. The van der Waals surface area contributed by atoms with Crippen LogP contribution in [0.5, 0.6) is 5.75 Å². The lowest BCUT2D eigenvalue weighted by Gasteiger charge is -2.41. The number of benzene rings is 2. The molecular weight excluding hydrogens is 500 g/mol. The Labute approximate surface area is 230 Å². The van der Waals surface area contributed by atoms with E-state index in [-0.39, 0.29) is 17.7 Å². The molecule has 1 amide bonds. The number of allylic oxidation sites excluding steroid dienone is 1. The SMILES string of the molecule is CN1CC/C=C/CCCCN2C[C@@]3(CCCc4cc(Cl)ccc43)COc3ccc(cc32)[C@@](O)(CO)CC1=O. The number of ether oxygens (including phenoxy) is 1.